The van der Waals surface area contributed by atoms with Crippen LogP contribution in [0.4, 0.5) is 0 Å². The molecule has 0 fully saturated rings. The zero-order valence-corrected chi connectivity index (χ0v) is 8.98. The summed E-state index contributed by atoms with van der Waals surface area (Å²) in [4.78, 5) is 0. The molecule has 0 aliphatic rings. The third kappa shape index (κ3) is 2.48. The number of ether oxygens (including phenoxy) is 1. The number of benzene rings is 1. The van der Waals surface area contributed by atoms with Crippen molar-refractivity contribution in [3.8, 4) is 5.75 Å². The summed E-state index contributed by atoms with van der Waals surface area (Å²) < 4.78 is 5.62. The maximum Gasteiger partial charge on any atom is 0.122 e. The van der Waals surface area contributed by atoms with Crippen LogP contribution < -0.4 is 4.74 Å². The first-order chi connectivity index (χ1) is 6.15. The van der Waals surface area contributed by atoms with Crippen molar-refractivity contribution in [1.29, 1.82) is 0 Å². The minimum atomic E-state index is 0.809. The quantitative estimate of drug-likeness (QED) is 0.689. The van der Waals surface area contributed by atoms with Crippen LogP contribution in [0.25, 0.3) is 0 Å². The zero-order valence-electron chi connectivity index (χ0n) is 8.98. The molecule has 13 heavy (non-hydrogen) atoms. The summed E-state index contributed by atoms with van der Waals surface area (Å²) in [7, 11) is 0. The predicted octanol–water partition coefficient (Wildman–Crippen LogP) is 3.40. The molecule has 0 heterocycles. The van der Waals surface area contributed by atoms with Crippen molar-refractivity contribution in [2.75, 3.05) is 6.61 Å². The fourth-order valence-electron chi connectivity index (χ4n) is 1.30. The first kappa shape index (κ1) is 10.1. The molecule has 0 unspecified atom stereocenters. The van der Waals surface area contributed by atoms with Gasteiger partial charge in [-0.05, 0) is 49.9 Å². The van der Waals surface area contributed by atoms with Gasteiger partial charge in [-0.25, -0.2) is 0 Å². The van der Waals surface area contributed by atoms with Gasteiger partial charge in [-0.1, -0.05) is 13.0 Å². The Hall–Kier alpha value is -0.980. The van der Waals surface area contributed by atoms with E-state index in [0.717, 1.165) is 18.8 Å². The zero-order chi connectivity index (χ0) is 9.84. The van der Waals surface area contributed by atoms with E-state index in [9.17, 15) is 0 Å². The van der Waals surface area contributed by atoms with Gasteiger partial charge in [0, 0.05) is 0 Å². The number of rotatable bonds is 3. The molecule has 0 aliphatic heterocycles. The van der Waals surface area contributed by atoms with Crippen molar-refractivity contribution in [2.45, 2.75) is 34.1 Å². The Morgan fingerprint density at radius 1 is 1.00 bits per heavy atom. The third-order valence-electron chi connectivity index (χ3n) is 2.25. The lowest BCUT2D eigenvalue weighted by Gasteiger charge is -2.10. The van der Waals surface area contributed by atoms with E-state index in [1.807, 2.05) is 0 Å². The van der Waals surface area contributed by atoms with Gasteiger partial charge in [-0.2, -0.15) is 0 Å². The summed E-state index contributed by atoms with van der Waals surface area (Å²) in [5.74, 6) is 1.03. The van der Waals surface area contributed by atoms with Crippen LogP contribution in [-0.2, 0) is 0 Å². The van der Waals surface area contributed by atoms with E-state index in [-0.39, 0.29) is 0 Å². The highest BCUT2D eigenvalue weighted by Crippen LogP contribution is 2.22. The van der Waals surface area contributed by atoms with Crippen LogP contribution in [0.15, 0.2) is 12.1 Å². The fraction of sp³-hybridized carbons (Fsp3) is 0.500. The Balaban J connectivity index is 2.88. The lowest BCUT2D eigenvalue weighted by molar-refractivity contribution is 0.315. The molecule has 0 saturated carbocycles. The minimum Gasteiger partial charge on any atom is -0.493 e. The van der Waals surface area contributed by atoms with Crippen molar-refractivity contribution in [1.82, 2.24) is 0 Å². The predicted molar refractivity (Wildman–Crippen MR) is 56.4 cm³/mol. The molecule has 1 aromatic carbocycles. The highest BCUT2D eigenvalue weighted by atomic mass is 16.5. The summed E-state index contributed by atoms with van der Waals surface area (Å²) in [6.45, 7) is 9.27. The monoisotopic (exact) mass is 178 g/mol. The van der Waals surface area contributed by atoms with Crippen molar-refractivity contribution in [3.05, 3.63) is 28.8 Å². The first-order valence-corrected chi connectivity index (χ1v) is 4.85. The molecule has 0 saturated heterocycles. The molecule has 0 aromatic heterocycles. The Morgan fingerprint density at radius 2 is 1.62 bits per heavy atom. The maximum atomic E-state index is 5.62. The Morgan fingerprint density at radius 3 is 2.23 bits per heavy atom. The highest BCUT2D eigenvalue weighted by molar-refractivity contribution is 5.40. The van der Waals surface area contributed by atoms with Gasteiger partial charge in [0.15, 0.2) is 0 Å². The van der Waals surface area contributed by atoms with Crippen LogP contribution in [0, 0.1) is 20.8 Å². The normalized spacial score (nSPS) is 10.2. The summed E-state index contributed by atoms with van der Waals surface area (Å²) in [6.07, 6.45) is 1.06. The second kappa shape index (κ2) is 4.31. The first-order valence-electron chi connectivity index (χ1n) is 4.85. The molecule has 0 radical (unpaired) electrons. The lowest BCUT2D eigenvalue weighted by atomic mass is 10.1. The van der Waals surface area contributed by atoms with E-state index in [1.54, 1.807) is 0 Å². The van der Waals surface area contributed by atoms with Gasteiger partial charge >= 0.3 is 0 Å². The summed E-state index contributed by atoms with van der Waals surface area (Å²) in [6, 6.07) is 4.31. The number of hydrogen-bond donors (Lipinski definition) is 0. The van der Waals surface area contributed by atoms with Crippen LogP contribution in [0.3, 0.4) is 0 Å². The number of hydrogen-bond acceptors (Lipinski definition) is 1. The van der Waals surface area contributed by atoms with Crippen molar-refractivity contribution < 1.29 is 4.74 Å². The van der Waals surface area contributed by atoms with Crippen molar-refractivity contribution in [2.24, 2.45) is 0 Å². The molecule has 1 aromatic rings. The molecule has 0 atom stereocenters. The van der Waals surface area contributed by atoms with E-state index in [0.29, 0.717) is 0 Å². The van der Waals surface area contributed by atoms with Gasteiger partial charge in [0.25, 0.3) is 0 Å². The Bertz CT molecular complexity index is 289. The molecular weight excluding hydrogens is 160 g/mol. The van der Waals surface area contributed by atoms with Crippen LogP contribution in [0.5, 0.6) is 5.75 Å². The maximum absolute atomic E-state index is 5.62. The Kier molecular flexibility index (Phi) is 3.35. The summed E-state index contributed by atoms with van der Waals surface area (Å²) in [5, 5.41) is 0. The molecule has 0 amide bonds. The molecule has 0 aliphatic carbocycles. The summed E-state index contributed by atoms with van der Waals surface area (Å²) in [5.41, 5.74) is 3.87. The second-order valence-corrected chi connectivity index (χ2v) is 3.55. The average Bonchev–Trinajstić information content (AvgIpc) is 2.09. The van der Waals surface area contributed by atoms with Gasteiger partial charge < -0.3 is 4.74 Å². The van der Waals surface area contributed by atoms with Crippen molar-refractivity contribution in [3.63, 3.8) is 0 Å². The van der Waals surface area contributed by atoms with E-state index in [4.69, 9.17) is 4.74 Å². The standard InChI is InChI=1S/C12H18O/c1-5-6-13-12-8-10(3)9(2)7-11(12)4/h7-8H,5-6H2,1-4H3. The van der Waals surface area contributed by atoms with Crippen molar-refractivity contribution >= 4 is 0 Å². The third-order valence-corrected chi connectivity index (χ3v) is 2.25. The van der Waals surface area contributed by atoms with E-state index < -0.39 is 0 Å². The van der Waals surface area contributed by atoms with Gasteiger partial charge in [0.1, 0.15) is 5.75 Å². The highest BCUT2D eigenvalue weighted by Gasteiger charge is 2.01. The molecular formula is C12H18O. The molecule has 1 nitrogen and oxygen atoms in total. The van der Waals surface area contributed by atoms with Gasteiger partial charge in [0.2, 0.25) is 0 Å². The molecule has 0 spiro atoms. The molecule has 1 heteroatoms. The lowest BCUT2D eigenvalue weighted by Crippen LogP contribution is -1.98. The smallest absolute Gasteiger partial charge is 0.122 e. The Labute approximate surface area is 80.7 Å². The van der Waals surface area contributed by atoms with E-state index >= 15 is 0 Å². The minimum absolute atomic E-state index is 0.809. The topological polar surface area (TPSA) is 9.23 Å². The molecule has 0 bridgehead atoms. The van der Waals surface area contributed by atoms with Crippen LogP contribution in [0.1, 0.15) is 30.0 Å². The molecule has 1 rings (SSSR count). The van der Waals surface area contributed by atoms with Crippen LogP contribution >= 0.6 is 0 Å². The molecule has 72 valence electrons. The van der Waals surface area contributed by atoms with Gasteiger partial charge in [-0.15, -0.1) is 0 Å². The second-order valence-electron chi connectivity index (χ2n) is 3.55. The van der Waals surface area contributed by atoms with Gasteiger partial charge in [-0.3, -0.25) is 0 Å². The van der Waals surface area contributed by atoms with Crippen LogP contribution in [-0.4, -0.2) is 6.61 Å². The van der Waals surface area contributed by atoms with E-state index in [2.05, 4.69) is 39.8 Å². The fourth-order valence-corrected chi connectivity index (χ4v) is 1.30. The number of aryl methyl sites for hydroxylation is 3. The van der Waals surface area contributed by atoms with E-state index in [1.165, 1.54) is 16.7 Å². The SMILES string of the molecule is CCCOc1cc(C)c(C)cc1C. The average molecular weight is 178 g/mol. The largest absolute Gasteiger partial charge is 0.493 e. The molecule has 0 N–H and O–H groups in total. The summed E-state index contributed by atoms with van der Waals surface area (Å²) >= 11 is 0. The van der Waals surface area contributed by atoms with Gasteiger partial charge in [0.05, 0.1) is 6.61 Å². The van der Waals surface area contributed by atoms with Crippen LogP contribution in [0.2, 0.25) is 0 Å².